The summed E-state index contributed by atoms with van der Waals surface area (Å²) in [6.07, 6.45) is 1.46. The van der Waals surface area contributed by atoms with E-state index >= 15 is 0 Å². The van der Waals surface area contributed by atoms with Crippen molar-refractivity contribution in [3.8, 4) is 0 Å². The highest BCUT2D eigenvalue weighted by Crippen LogP contribution is 2.02. The minimum Gasteiger partial charge on any atom is -0.348 e. The zero-order valence-electron chi connectivity index (χ0n) is 6.45. The number of alkyl halides is 1. The van der Waals surface area contributed by atoms with Crippen LogP contribution in [0, 0.1) is 0 Å². The van der Waals surface area contributed by atoms with Gasteiger partial charge in [0, 0.05) is 11.4 Å². The number of carbonyl (C=O) groups excluding carboxylic acids is 1. The summed E-state index contributed by atoms with van der Waals surface area (Å²) in [5.74, 6) is -0.114. The number of carbonyl (C=O) groups is 1. The fourth-order valence-corrected chi connectivity index (χ4v) is 1.18. The van der Waals surface area contributed by atoms with E-state index in [4.69, 9.17) is 0 Å². The zero-order chi connectivity index (χ0) is 8.97. The number of hydrogen-bond acceptors (Lipinski definition) is 4. The first-order chi connectivity index (χ1) is 5.74. The van der Waals surface area contributed by atoms with Crippen LogP contribution in [0.15, 0.2) is 6.20 Å². The summed E-state index contributed by atoms with van der Waals surface area (Å²) >= 11 is 4.36. The van der Waals surface area contributed by atoms with Gasteiger partial charge in [-0.3, -0.25) is 4.79 Å². The molecular weight excluding hydrogens is 242 g/mol. The van der Waals surface area contributed by atoms with Gasteiger partial charge in [0.1, 0.15) is 4.88 Å². The third-order valence-electron chi connectivity index (χ3n) is 1.19. The molecule has 0 aromatic carbocycles. The van der Waals surface area contributed by atoms with Crippen LogP contribution in [0.2, 0.25) is 0 Å². The van der Waals surface area contributed by atoms with Crippen LogP contribution in [0.3, 0.4) is 0 Å². The summed E-state index contributed by atoms with van der Waals surface area (Å²) < 4.78 is 3.60. The van der Waals surface area contributed by atoms with E-state index in [2.05, 4.69) is 30.8 Å². The maximum atomic E-state index is 11.3. The number of aromatic nitrogens is 2. The summed E-state index contributed by atoms with van der Waals surface area (Å²) in [5, 5.41) is 7.09. The molecular formula is C6H8BrN3OS. The first-order valence-corrected chi connectivity index (χ1v) is 5.27. The monoisotopic (exact) mass is 249 g/mol. The molecule has 12 heavy (non-hydrogen) atoms. The van der Waals surface area contributed by atoms with E-state index in [9.17, 15) is 4.79 Å². The lowest BCUT2D eigenvalue weighted by Crippen LogP contribution is -2.32. The fraction of sp³-hybridized carbons (Fsp3) is 0.500. The van der Waals surface area contributed by atoms with E-state index in [0.717, 1.165) is 16.9 Å². The molecule has 6 heteroatoms. The third-order valence-corrected chi connectivity index (χ3v) is 2.83. The standard InChI is InChI=1S/C6H8BrN3OS/c1-4(2-7)9-6(11)5-3-8-10-12-5/h3-4H,2H2,1H3,(H,9,11). The van der Waals surface area contributed by atoms with Gasteiger partial charge in [0.05, 0.1) is 6.20 Å². The van der Waals surface area contributed by atoms with Gasteiger partial charge in [-0.15, -0.1) is 5.10 Å². The number of amides is 1. The highest BCUT2D eigenvalue weighted by Gasteiger charge is 2.10. The molecule has 1 amide bonds. The van der Waals surface area contributed by atoms with Gasteiger partial charge < -0.3 is 5.32 Å². The van der Waals surface area contributed by atoms with Gasteiger partial charge in [0.2, 0.25) is 0 Å². The average molecular weight is 250 g/mol. The van der Waals surface area contributed by atoms with Crippen molar-refractivity contribution < 1.29 is 4.79 Å². The first-order valence-electron chi connectivity index (χ1n) is 3.38. The van der Waals surface area contributed by atoms with Gasteiger partial charge in [-0.1, -0.05) is 20.4 Å². The maximum absolute atomic E-state index is 11.3. The third kappa shape index (κ3) is 2.53. The molecule has 0 aliphatic carbocycles. The smallest absolute Gasteiger partial charge is 0.264 e. The van der Waals surface area contributed by atoms with Crippen LogP contribution >= 0.6 is 27.5 Å². The van der Waals surface area contributed by atoms with Crippen LogP contribution in [0.1, 0.15) is 16.6 Å². The first kappa shape index (κ1) is 9.60. The summed E-state index contributed by atoms with van der Waals surface area (Å²) in [6.45, 7) is 1.92. The molecule has 0 aliphatic heterocycles. The van der Waals surface area contributed by atoms with E-state index in [0.29, 0.717) is 4.88 Å². The van der Waals surface area contributed by atoms with Crippen molar-refractivity contribution in [1.82, 2.24) is 14.9 Å². The number of rotatable bonds is 3. The Morgan fingerprint density at radius 3 is 3.17 bits per heavy atom. The van der Waals surface area contributed by atoms with Gasteiger partial charge in [-0.2, -0.15) is 0 Å². The molecule has 1 aromatic heterocycles. The van der Waals surface area contributed by atoms with Gasteiger partial charge in [0.15, 0.2) is 0 Å². The van der Waals surface area contributed by atoms with E-state index in [1.54, 1.807) is 0 Å². The highest BCUT2D eigenvalue weighted by atomic mass is 79.9. The summed E-state index contributed by atoms with van der Waals surface area (Å²) in [4.78, 5) is 11.8. The Bertz CT molecular complexity index is 251. The molecule has 0 saturated heterocycles. The molecule has 66 valence electrons. The minimum absolute atomic E-state index is 0.114. The second kappa shape index (κ2) is 4.51. The van der Waals surface area contributed by atoms with Crippen LogP contribution < -0.4 is 5.32 Å². The van der Waals surface area contributed by atoms with Crippen molar-refractivity contribution >= 4 is 33.4 Å². The van der Waals surface area contributed by atoms with Crippen LogP contribution in [-0.2, 0) is 0 Å². The van der Waals surface area contributed by atoms with Gasteiger partial charge >= 0.3 is 0 Å². The van der Waals surface area contributed by atoms with E-state index < -0.39 is 0 Å². The second-order valence-electron chi connectivity index (χ2n) is 2.31. The van der Waals surface area contributed by atoms with Gasteiger partial charge in [-0.25, -0.2) is 0 Å². The quantitative estimate of drug-likeness (QED) is 0.816. The molecule has 1 heterocycles. The van der Waals surface area contributed by atoms with Crippen molar-refractivity contribution in [2.24, 2.45) is 0 Å². The number of halogens is 1. The molecule has 0 bridgehead atoms. The van der Waals surface area contributed by atoms with Crippen molar-refractivity contribution in [2.75, 3.05) is 5.33 Å². The Hall–Kier alpha value is -0.490. The van der Waals surface area contributed by atoms with Crippen molar-refractivity contribution in [3.05, 3.63) is 11.1 Å². The molecule has 1 aromatic rings. The summed E-state index contributed by atoms with van der Waals surface area (Å²) in [6, 6.07) is 0.125. The Morgan fingerprint density at radius 1 is 1.92 bits per heavy atom. The SMILES string of the molecule is CC(CBr)NC(=O)c1cnns1. The Balaban J connectivity index is 2.50. The second-order valence-corrected chi connectivity index (χ2v) is 3.74. The topological polar surface area (TPSA) is 54.9 Å². The lowest BCUT2D eigenvalue weighted by Gasteiger charge is -2.07. The van der Waals surface area contributed by atoms with Gasteiger partial charge in [0.25, 0.3) is 5.91 Å². The predicted molar refractivity (Wildman–Crippen MR) is 50.6 cm³/mol. The van der Waals surface area contributed by atoms with E-state index in [-0.39, 0.29) is 11.9 Å². The van der Waals surface area contributed by atoms with Crippen molar-refractivity contribution in [1.29, 1.82) is 0 Å². The van der Waals surface area contributed by atoms with Crippen LogP contribution in [0.25, 0.3) is 0 Å². The molecule has 0 aliphatic rings. The zero-order valence-corrected chi connectivity index (χ0v) is 8.85. The van der Waals surface area contributed by atoms with Crippen LogP contribution in [0.5, 0.6) is 0 Å². The molecule has 0 spiro atoms. The number of nitrogens with zero attached hydrogens (tertiary/aromatic N) is 2. The lowest BCUT2D eigenvalue weighted by atomic mass is 10.4. The normalized spacial score (nSPS) is 12.5. The molecule has 1 rings (SSSR count). The number of nitrogens with one attached hydrogen (secondary N) is 1. The molecule has 1 unspecified atom stereocenters. The number of hydrogen-bond donors (Lipinski definition) is 1. The maximum Gasteiger partial charge on any atom is 0.264 e. The summed E-state index contributed by atoms with van der Waals surface area (Å²) in [7, 11) is 0. The van der Waals surface area contributed by atoms with Crippen LogP contribution in [-0.4, -0.2) is 26.9 Å². The molecule has 0 fully saturated rings. The Morgan fingerprint density at radius 2 is 2.67 bits per heavy atom. The largest absolute Gasteiger partial charge is 0.348 e. The Labute approximate surface area is 82.7 Å². The average Bonchev–Trinajstić information content (AvgIpc) is 2.56. The van der Waals surface area contributed by atoms with Crippen LogP contribution in [0.4, 0.5) is 0 Å². The molecule has 4 nitrogen and oxygen atoms in total. The lowest BCUT2D eigenvalue weighted by molar-refractivity contribution is 0.0948. The highest BCUT2D eigenvalue weighted by molar-refractivity contribution is 9.09. The Kier molecular flexibility index (Phi) is 3.61. The minimum atomic E-state index is -0.114. The van der Waals surface area contributed by atoms with Crippen molar-refractivity contribution in [2.45, 2.75) is 13.0 Å². The van der Waals surface area contributed by atoms with Crippen molar-refractivity contribution in [3.63, 3.8) is 0 Å². The molecule has 1 atom stereocenters. The molecule has 1 N–H and O–H groups in total. The molecule has 0 saturated carbocycles. The predicted octanol–water partition coefficient (Wildman–Crippen LogP) is 1.05. The van der Waals surface area contributed by atoms with E-state index in [1.165, 1.54) is 6.20 Å². The fourth-order valence-electron chi connectivity index (χ4n) is 0.601. The van der Waals surface area contributed by atoms with Gasteiger partial charge in [-0.05, 0) is 18.5 Å². The van der Waals surface area contributed by atoms with E-state index in [1.807, 2.05) is 6.92 Å². The molecule has 0 radical (unpaired) electrons. The summed E-state index contributed by atoms with van der Waals surface area (Å²) in [5.41, 5.74) is 0.